The van der Waals surface area contributed by atoms with E-state index in [1.54, 1.807) is 24.3 Å². The quantitative estimate of drug-likeness (QED) is 0.0557. The van der Waals surface area contributed by atoms with E-state index in [4.69, 9.17) is 9.47 Å². The molecule has 0 unspecified atom stereocenters. The van der Waals surface area contributed by atoms with Crippen LogP contribution in [0.4, 0.5) is 22.7 Å². The van der Waals surface area contributed by atoms with Gasteiger partial charge in [0.25, 0.3) is 20.2 Å². The Morgan fingerprint density at radius 3 is 1.33 bits per heavy atom. The molecule has 1 aliphatic rings. The van der Waals surface area contributed by atoms with E-state index in [9.17, 15) is 46.4 Å². The average molecular weight is 829 g/mol. The third-order valence-electron chi connectivity index (χ3n) is 10.3. The molecular formula is C40H36N4O12S2. The van der Waals surface area contributed by atoms with Gasteiger partial charge in [0.15, 0.2) is 11.5 Å². The molecule has 1 aliphatic carbocycles. The van der Waals surface area contributed by atoms with Gasteiger partial charge in [0.1, 0.15) is 55.5 Å². The summed E-state index contributed by atoms with van der Waals surface area (Å²) in [7, 11) is -6.88. The maximum atomic E-state index is 12.3. The molecule has 6 N–H and O–H groups in total. The zero-order chi connectivity index (χ0) is 41.6. The van der Waals surface area contributed by atoms with Crippen LogP contribution < -0.4 is 9.47 Å². The van der Waals surface area contributed by atoms with Gasteiger partial charge in [-0.15, -0.1) is 20.5 Å². The minimum Gasteiger partial charge on any atom is -0.508 e. The number of nitrogens with zero attached hydrogens (tertiary/aromatic N) is 4. The highest BCUT2D eigenvalue weighted by atomic mass is 32.2. The van der Waals surface area contributed by atoms with Crippen LogP contribution in [0, 0.1) is 0 Å². The fourth-order valence-corrected chi connectivity index (χ4v) is 8.78. The normalized spacial score (nSPS) is 14.8. The van der Waals surface area contributed by atoms with E-state index >= 15 is 0 Å². The molecule has 0 heterocycles. The summed E-state index contributed by atoms with van der Waals surface area (Å²) in [5, 5.41) is 59.0. The molecule has 58 heavy (non-hydrogen) atoms. The maximum absolute atomic E-state index is 12.3. The zero-order valence-corrected chi connectivity index (χ0v) is 32.5. The van der Waals surface area contributed by atoms with Gasteiger partial charge in [-0.25, -0.2) is 0 Å². The van der Waals surface area contributed by atoms with Crippen molar-refractivity contribution in [2.45, 2.75) is 47.3 Å². The highest BCUT2D eigenvalue weighted by molar-refractivity contribution is 7.86. The lowest BCUT2D eigenvalue weighted by Gasteiger charge is -2.39. The first-order valence-electron chi connectivity index (χ1n) is 17.7. The Balaban J connectivity index is 1.27. The zero-order valence-electron chi connectivity index (χ0n) is 30.9. The first-order chi connectivity index (χ1) is 27.5. The molecule has 0 bridgehead atoms. The summed E-state index contributed by atoms with van der Waals surface area (Å²) in [6.45, 7) is 0. The van der Waals surface area contributed by atoms with Gasteiger partial charge in [0.2, 0.25) is 0 Å². The van der Waals surface area contributed by atoms with Gasteiger partial charge >= 0.3 is 0 Å². The van der Waals surface area contributed by atoms with Crippen molar-refractivity contribution in [2.24, 2.45) is 20.5 Å². The van der Waals surface area contributed by atoms with Gasteiger partial charge in [-0.2, -0.15) is 16.8 Å². The predicted molar refractivity (Wildman–Crippen MR) is 212 cm³/mol. The average Bonchev–Trinajstić information content (AvgIpc) is 3.19. The fraction of sp³-hybridized carbons (Fsp3) is 0.200. The summed E-state index contributed by atoms with van der Waals surface area (Å²) in [5.74, 6) is -1.07. The van der Waals surface area contributed by atoms with Gasteiger partial charge in [0, 0.05) is 16.2 Å². The van der Waals surface area contributed by atoms with Crippen LogP contribution in [0.3, 0.4) is 0 Å². The number of hydrogen-bond donors (Lipinski definition) is 6. The summed E-state index contributed by atoms with van der Waals surface area (Å²) in [4.78, 5) is -1.37. The molecule has 6 aromatic rings. The molecule has 0 aromatic heterocycles. The molecule has 0 aliphatic heterocycles. The van der Waals surface area contributed by atoms with E-state index in [0.717, 1.165) is 55.4 Å². The van der Waals surface area contributed by atoms with Gasteiger partial charge in [-0.1, -0.05) is 43.5 Å². The molecule has 0 spiro atoms. The SMILES string of the molecule is COc1cc(C2(c3ccc(N=Nc4c(S(=O)(=O)O)cc5ccc(O)cc5c4O)c(OC)c3)CCCCC2)ccc1N=Nc1c(S(=O)(=O)O)cc2ccc(O)cc2c1O. The fourth-order valence-electron chi connectivity index (χ4n) is 7.47. The molecule has 1 fully saturated rings. The second-order valence-corrected chi connectivity index (χ2v) is 16.5. The van der Waals surface area contributed by atoms with Crippen LogP contribution in [0.5, 0.6) is 34.5 Å². The van der Waals surface area contributed by atoms with Gasteiger partial charge in [-0.05, 0) is 95.4 Å². The third kappa shape index (κ3) is 7.45. The van der Waals surface area contributed by atoms with Crippen molar-refractivity contribution >= 4 is 64.5 Å². The monoisotopic (exact) mass is 828 g/mol. The van der Waals surface area contributed by atoms with Crippen molar-refractivity contribution in [3.8, 4) is 34.5 Å². The molecule has 0 atom stereocenters. The highest BCUT2D eigenvalue weighted by Crippen LogP contribution is 2.50. The van der Waals surface area contributed by atoms with Crippen molar-refractivity contribution < 1.29 is 55.8 Å². The van der Waals surface area contributed by atoms with E-state index in [1.807, 2.05) is 12.1 Å². The Morgan fingerprint density at radius 2 is 0.948 bits per heavy atom. The van der Waals surface area contributed by atoms with E-state index in [2.05, 4.69) is 20.5 Å². The van der Waals surface area contributed by atoms with Crippen molar-refractivity contribution in [1.29, 1.82) is 0 Å². The molecule has 1 saturated carbocycles. The lowest BCUT2D eigenvalue weighted by molar-refractivity contribution is 0.341. The molecule has 18 heteroatoms. The van der Waals surface area contributed by atoms with E-state index in [-0.39, 0.29) is 55.9 Å². The van der Waals surface area contributed by atoms with E-state index < -0.39 is 58.3 Å². The number of azo groups is 2. The first kappa shape index (κ1) is 39.9. The molecule has 0 radical (unpaired) electrons. The van der Waals surface area contributed by atoms with E-state index in [0.29, 0.717) is 0 Å². The number of phenolic OH excluding ortho intramolecular Hbond substituents is 4. The number of rotatable bonds is 10. The van der Waals surface area contributed by atoms with Crippen molar-refractivity contribution in [1.82, 2.24) is 0 Å². The van der Waals surface area contributed by atoms with Crippen LogP contribution in [0.1, 0.15) is 43.2 Å². The smallest absolute Gasteiger partial charge is 0.296 e. The molecule has 0 saturated heterocycles. The van der Waals surface area contributed by atoms with Crippen LogP contribution in [-0.4, -0.2) is 60.6 Å². The molecule has 7 rings (SSSR count). The van der Waals surface area contributed by atoms with Crippen LogP contribution >= 0.6 is 0 Å². The number of phenols is 4. The van der Waals surface area contributed by atoms with Crippen molar-refractivity contribution in [3.05, 3.63) is 96.1 Å². The molecule has 16 nitrogen and oxygen atoms in total. The minimum atomic E-state index is -4.87. The van der Waals surface area contributed by atoms with E-state index in [1.165, 1.54) is 50.6 Å². The Kier molecular flexibility index (Phi) is 10.5. The summed E-state index contributed by atoms with van der Waals surface area (Å²) in [6, 6.07) is 20.6. The lowest BCUT2D eigenvalue weighted by atomic mass is 9.65. The maximum Gasteiger partial charge on any atom is 0.296 e. The highest BCUT2D eigenvalue weighted by Gasteiger charge is 2.37. The second-order valence-electron chi connectivity index (χ2n) is 13.7. The molecule has 0 amide bonds. The van der Waals surface area contributed by atoms with Crippen molar-refractivity contribution in [2.75, 3.05) is 14.2 Å². The Morgan fingerprint density at radius 1 is 0.534 bits per heavy atom. The summed E-state index contributed by atoms with van der Waals surface area (Å²) in [6.07, 6.45) is 4.23. The number of hydrogen-bond acceptors (Lipinski definition) is 14. The minimum absolute atomic E-state index is 0.0849. The van der Waals surface area contributed by atoms with Crippen LogP contribution in [0.25, 0.3) is 21.5 Å². The van der Waals surface area contributed by atoms with Gasteiger partial charge in [0.05, 0.1) is 14.2 Å². The summed E-state index contributed by atoms with van der Waals surface area (Å²) >= 11 is 0. The number of ether oxygens (including phenoxy) is 2. The van der Waals surface area contributed by atoms with Crippen LogP contribution in [-0.2, 0) is 25.7 Å². The van der Waals surface area contributed by atoms with Crippen LogP contribution in [0.2, 0.25) is 0 Å². The predicted octanol–water partition coefficient (Wildman–Crippen LogP) is 9.41. The Labute approximate surface area is 331 Å². The van der Waals surface area contributed by atoms with Gasteiger partial charge in [-0.3, -0.25) is 9.11 Å². The number of benzene rings is 6. The largest absolute Gasteiger partial charge is 0.508 e. The second kappa shape index (κ2) is 15.2. The summed E-state index contributed by atoms with van der Waals surface area (Å²) < 4.78 is 80.7. The first-order valence-corrected chi connectivity index (χ1v) is 20.5. The van der Waals surface area contributed by atoms with Crippen LogP contribution in [0.15, 0.2) is 115 Å². The molecule has 300 valence electrons. The number of fused-ring (bicyclic) bond motifs is 2. The summed E-state index contributed by atoms with van der Waals surface area (Å²) in [5.41, 5.74) is 0.413. The molecular weight excluding hydrogens is 793 g/mol. The Bertz CT molecular complexity index is 2720. The standard InChI is InChI=1S/C40H36N4O12S2/c1-55-32-18-24(8-12-30(32)41-43-36-34(57(49,50)51)16-22-6-10-26(45)20-28(22)38(36)47)40(14-4-3-5-15-40)25-9-13-31(33(19-25)56-2)42-44-37-35(58(52,53)54)17-23-7-11-27(46)21-29(23)39(37)48/h6-13,16-21,45-48H,3-5,14-15H2,1-2H3,(H,49,50,51)(H,52,53,54). The topological polar surface area (TPSA) is 258 Å². The molecule has 6 aromatic carbocycles. The van der Waals surface area contributed by atoms with Gasteiger partial charge < -0.3 is 29.9 Å². The number of aromatic hydroxyl groups is 4. The third-order valence-corrected chi connectivity index (χ3v) is 12.0. The lowest BCUT2D eigenvalue weighted by Crippen LogP contribution is -2.30. The number of methoxy groups -OCH3 is 2. The Hall–Kier alpha value is -6.34. The van der Waals surface area contributed by atoms with Crippen molar-refractivity contribution in [3.63, 3.8) is 0 Å².